The molecule has 5 heteroatoms. The van der Waals surface area contributed by atoms with Crippen LogP contribution in [0.4, 0.5) is 0 Å². The Balaban J connectivity index is 1.89. The summed E-state index contributed by atoms with van der Waals surface area (Å²) in [7, 11) is 0. The lowest BCUT2D eigenvalue weighted by atomic mass is 9.92. The fraction of sp³-hybridized carbons (Fsp3) is 0.933. The normalized spacial score (nSPS) is 36.1. The molecule has 2 saturated heterocycles. The van der Waals surface area contributed by atoms with Gasteiger partial charge in [-0.2, -0.15) is 0 Å². The quantitative estimate of drug-likeness (QED) is 0.827. The van der Waals surface area contributed by atoms with Gasteiger partial charge in [0.05, 0.1) is 18.8 Å². The van der Waals surface area contributed by atoms with Crippen molar-refractivity contribution in [2.24, 2.45) is 11.7 Å². The lowest BCUT2D eigenvalue weighted by Gasteiger charge is -2.40. The van der Waals surface area contributed by atoms with Crippen molar-refractivity contribution >= 4 is 5.91 Å². The van der Waals surface area contributed by atoms with Gasteiger partial charge in [0.25, 0.3) is 0 Å². The summed E-state index contributed by atoms with van der Waals surface area (Å²) >= 11 is 0. The molecule has 2 N–H and O–H groups in total. The Kier molecular flexibility index (Phi) is 5.41. The van der Waals surface area contributed by atoms with Gasteiger partial charge in [-0.1, -0.05) is 6.92 Å². The lowest BCUT2D eigenvalue weighted by Crippen LogP contribution is -2.54. The SMILES string of the molecule is CC1CCN(CC(=O)N2CC(C)OC(C)C2)C(CN)C1. The molecule has 1 amide bonds. The van der Waals surface area contributed by atoms with Gasteiger partial charge in [-0.3, -0.25) is 9.69 Å². The molecule has 2 aliphatic heterocycles. The Labute approximate surface area is 122 Å². The summed E-state index contributed by atoms with van der Waals surface area (Å²) in [5.74, 6) is 0.943. The van der Waals surface area contributed by atoms with E-state index < -0.39 is 0 Å². The number of nitrogens with zero attached hydrogens (tertiary/aromatic N) is 2. The van der Waals surface area contributed by atoms with E-state index in [1.165, 1.54) is 6.42 Å². The third kappa shape index (κ3) is 3.93. The van der Waals surface area contributed by atoms with E-state index in [9.17, 15) is 4.79 Å². The van der Waals surface area contributed by atoms with Crippen LogP contribution in [0.15, 0.2) is 0 Å². The highest BCUT2D eigenvalue weighted by Gasteiger charge is 2.30. The number of nitrogens with two attached hydrogens (primary N) is 1. The summed E-state index contributed by atoms with van der Waals surface area (Å²) in [4.78, 5) is 16.7. The van der Waals surface area contributed by atoms with Crippen molar-refractivity contribution in [1.82, 2.24) is 9.80 Å². The molecule has 0 spiro atoms. The van der Waals surface area contributed by atoms with E-state index in [1.807, 2.05) is 18.7 Å². The minimum atomic E-state index is 0.134. The monoisotopic (exact) mass is 283 g/mol. The molecule has 0 bridgehead atoms. The number of piperidine rings is 1. The van der Waals surface area contributed by atoms with Gasteiger partial charge in [0.2, 0.25) is 5.91 Å². The van der Waals surface area contributed by atoms with Crippen molar-refractivity contribution in [3.05, 3.63) is 0 Å². The van der Waals surface area contributed by atoms with E-state index in [1.54, 1.807) is 0 Å². The molecule has 2 aliphatic rings. The highest BCUT2D eigenvalue weighted by atomic mass is 16.5. The van der Waals surface area contributed by atoms with E-state index in [0.717, 1.165) is 18.9 Å². The molecule has 2 rings (SSSR count). The maximum atomic E-state index is 12.5. The van der Waals surface area contributed by atoms with Crippen molar-refractivity contribution in [2.45, 2.75) is 51.9 Å². The van der Waals surface area contributed by atoms with Gasteiger partial charge in [-0.15, -0.1) is 0 Å². The maximum absolute atomic E-state index is 12.5. The first-order valence-corrected chi connectivity index (χ1v) is 7.87. The van der Waals surface area contributed by atoms with Crippen LogP contribution in [0, 0.1) is 5.92 Å². The van der Waals surface area contributed by atoms with Crippen LogP contribution in [0.3, 0.4) is 0 Å². The molecule has 2 fully saturated rings. The first-order valence-electron chi connectivity index (χ1n) is 7.87. The molecule has 116 valence electrons. The standard InChI is InChI=1S/C15H29N3O2/c1-11-4-5-17(14(6-11)7-16)10-15(19)18-8-12(2)20-13(3)9-18/h11-14H,4-10,16H2,1-3H3. The zero-order chi connectivity index (χ0) is 14.7. The number of carbonyl (C=O) groups is 1. The van der Waals surface area contributed by atoms with Gasteiger partial charge in [-0.05, 0) is 39.2 Å². The van der Waals surface area contributed by atoms with E-state index in [2.05, 4.69) is 11.8 Å². The molecule has 4 unspecified atom stereocenters. The highest BCUT2D eigenvalue weighted by molar-refractivity contribution is 5.78. The van der Waals surface area contributed by atoms with E-state index >= 15 is 0 Å². The number of hydrogen-bond acceptors (Lipinski definition) is 4. The summed E-state index contributed by atoms with van der Waals surface area (Å²) in [5, 5.41) is 0. The number of carbonyl (C=O) groups excluding carboxylic acids is 1. The first-order chi connectivity index (χ1) is 9.49. The van der Waals surface area contributed by atoms with E-state index in [0.29, 0.717) is 32.2 Å². The second-order valence-electron chi connectivity index (χ2n) is 6.55. The van der Waals surface area contributed by atoms with Crippen LogP contribution in [0.2, 0.25) is 0 Å². The molecule has 0 aliphatic carbocycles. The Hall–Kier alpha value is -0.650. The molecular formula is C15H29N3O2. The second-order valence-corrected chi connectivity index (χ2v) is 6.55. The van der Waals surface area contributed by atoms with Gasteiger partial charge in [0, 0.05) is 25.7 Å². The number of hydrogen-bond donors (Lipinski definition) is 1. The van der Waals surface area contributed by atoms with Crippen LogP contribution in [-0.4, -0.2) is 66.7 Å². The molecule has 0 aromatic rings. The van der Waals surface area contributed by atoms with Crippen LogP contribution in [-0.2, 0) is 9.53 Å². The van der Waals surface area contributed by atoms with Gasteiger partial charge in [-0.25, -0.2) is 0 Å². The zero-order valence-electron chi connectivity index (χ0n) is 13.0. The summed E-state index contributed by atoms with van der Waals surface area (Å²) in [6.45, 7) is 9.89. The predicted octanol–water partition coefficient (Wildman–Crippen LogP) is 0.681. The zero-order valence-corrected chi connectivity index (χ0v) is 13.0. The van der Waals surface area contributed by atoms with E-state index in [4.69, 9.17) is 10.5 Å². The second kappa shape index (κ2) is 6.87. The van der Waals surface area contributed by atoms with Crippen molar-refractivity contribution in [3.63, 3.8) is 0 Å². The summed E-state index contributed by atoms with van der Waals surface area (Å²) in [5.41, 5.74) is 5.87. The molecule has 0 radical (unpaired) electrons. The Morgan fingerprint density at radius 1 is 1.25 bits per heavy atom. The predicted molar refractivity (Wildman–Crippen MR) is 79.4 cm³/mol. The topological polar surface area (TPSA) is 58.8 Å². The number of likely N-dealkylation sites (tertiary alicyclic amines) is 1. The molecule has 20 heavy (non-hydrogen) atoms. The third-order valence-electron chi connectivity index (χ3n) is 4.48. The largest absolute Gasteiger partial charge is 0.372 e. The minimum absolute atomic E-state index is 0.134. The summed E-state index contributed by atoms with van der Waals surface area (Å²) in [6, 6.07) is 0.360. The average Bonchev–Trinajstić information content (AvgIpc) is 2.39. The van der Waals surface area contributed by atoms with E-state index in [-0.39, 0.29) is 18.1 Å². The number of rotatable bonds is 3. The van der Waals surface area contributed by atoms with Crippen LogP contribution >= 0.6 is 0 Å². The third-order valence-corrected chi connectivity index (χ3v) is 4.48. The molecule has 0 saturated carbocycles. The fourth-order valence-corrected chi connectivity index (χ4v) is 3.41. The van der Waals surface area contributed by atoms with Crippen LogP contribution in [0.5, 0.6) is 0 Å². The smallest absolute Gasteiger partial charge is 0.236 e. The molecule has 0 aromatic carbocycles. The first kappa shape index (κ1) is 15.7. The Morgan fingerprint density at radius 3 is 2.50 bits per heavy atom. The Bertz CT molecular complexity index is 327. The Morgan fingerprint density at radius 2 is 1.90 bits per heavy atom. The number of ether oxygens (including phenoxy) is 1. The van der Waals surface area contributed by atoms with Gasteiger partial charge in [0.15, 0.2) is 0 Å². The van der Waals surface area contributed by atoms with Gasteiger partial charge >= 0.3 is 0 Å². The van der Waals surface area contributed by atoms with Crippen LogP contribution < -0.4 is 5.73 Å². The number of morpholine rings is 1. The molecule has 0 aromatic heterocycles. The highest BCUT2D eigenvalue weighted by Crippen LogP contribution is 2.22. The summed E-state index contributed by atoms with van der Waals surface area (Å²) < 4.78 is 5.69. The molecular weight excluding hydrogens is 254 g/mol. The fourth-order valence-electron chi connectivity index (χ4n) is 3.41. The van der Waals surface area contributed by atoms with Crippen molar-refractivity contribution in [1.29, 1.82) is 0 Å². The van der Waals surface area contributed by atoms with Crippen molar-refractivity contribution < 1.29 is 9.53 Å². The summed E-state index contributed by atoms with van der Waals surface area (Å²) in [6.07, 6.45) is 2.54. The number of amides is 1. The van der Waals surface area contributed by atoms with Crippen LogP contribution in [0.25, 0.3) is 0 Å². The van der Waals surface area contributed by atoms with Gasteiger partial charge in [0.1, 0.15) is 0 Å². The maximum Gasteiger partial charge on any atom is 0.236 e. The molecule has 5 nitrogen and oxygen atoms in total. The van der Waals surface area contributed by atoms with Gasteiger partial charge < -0.3 is 15.4 Å². The minimum Gasteiger partial charge on any atom is -0.372 e. The van der Waals surface area contributed by atoms with Crippen LogP contribution in [0.1, 0.15) is 33.6 Å². The average molecular weight is 283 g/mol. The molecule has 4 atom stereocenters. The van der Waals surface area contributed by atoms with Crippen molar-refractivity contribution in [2.75, 3.05) is 32.7 Å². The lowest BCUT2D eigenvalue weighted by molar-refractivity contribution is -0.145. The molecule has 2 heterocycles. The van der Waals surface area contributed by atoms with Crippen molar-refractivity contribution in [3.8, 4) is 0 Å².